The van der Waals surface area contributed by atoms with E-state index in [1.54, 1.807) is 56.5 Å². The molecule has 3 aliphatic heterocycles. The number of fused-ring (bicyclic) bond motifs is 5. The molecule has 5 rings (SSSR count). The number of anilines is 1. The fourth-order valence-corrected chi connectivity index (χ4v) is 7.07. The molecule has 3 aliphatic rings. The quantitative estimate of drug-likeness (QED) is 0.211. The fourth-order valence-electron chi connectivity index (χ4n) is 6.55. The van der Waals surface area contributed by atoms with E-state index in [-0.39, 0.29) is 23.8 Å². The van der Waals surface area contributed by atoms with Gasteiger partial charge in [-0.3, -0.25) is 10.1 Å². The number of thiol groups is 1. The van der Waals surface area contributed by atoms with Gasteiger partial charge >= 0.3 is 12.1 Å². The second-order valence-corrected chi connectivity index (χ2v) is 13.7. The largest absolute Gasteiger partial charge is 0.495 e. The van der Waals surface area contributed by atoms with Gasteiger partial charge in [0.1, 0.15) is 34.7 Å². The van der Waals surface area contributed by atoms with Crippen molar-refractivity contribution in [1.82, 2.24) is 5.32 Å². The van der Waals surface area contributed by atoms with E-state index in [1.807, 2.05) is 26.0 Å². The topological polar surface area (TPSA) is 136 Å². The van der Waals surface area contributed by atoms with Crippen LogP contribution in [0.25, 0.3) is 0 Å². The molecule has 2 aromatic rings. The molecular weight excluding hydrogens is 672 g/mol. The van der Waals surface area contributed by atoms with E-state index in [1.165, 1.54) is 19.1 Å². The number of aliphatic hydroxyl groups is 1. The maximum atomic E-state index is 14.0. The Hall–Kier alpha value is -3.55. The van der Waals surface area contributed by atoms with Gasteiger partial charge in [0.25, 0.3) is 0 Å². The van der Waals surface area contributed by atoms with Crippen molar-refractivity contribution in [2.75, 3.05) is 26.2 Å². The molecule has 13 heteroatoms. The molecule has 0 radical (unpaired) electrons. The Morgan fingerprint density at radius 3 is 2.57 bits per heavy atom. The molecule has 264 valence electrons. The van der Waals surface area contributed by atoms with E-state index in [9.17, 15) is 19.5 Å². The summed E-state index contributed by atoms with van der Waals surface area (Å²) in [6, 6.07) is 10.5. The number of hydrogen-bond acceptors (Lipinski definition) is 10. The zero-order chi connectivity index (χ0) is 35.7. The highest BCUT2D eigenvalue weighted by atomic mass is 35.5. The molecule has 0 spiro atoms. The highest BCUT2D eigenvalue weighted by Crippen LogP contribution is 2.49. The van der Waals surface area contributed by atoms with Crippen molar-refractivity contribution in [3.8, 4) is 5.75 Å². The predicted octanol–water partition coefficient (Wildman–Crippen LogP) is 5.41. The smallest absolute Gasteiger partial charge is 0.409 e. The number of nitrogens with zero attached hydrogens (tertiary/aromatic N) is 1. The third kappa shape index (κ3) is 7.78. The van der Waals surface area contributed by atoms with Gasteiger partial charge in [0, 0.05) is 32.2 Å². The number of ether oxygens (including phenoxy) is 5. The fraction of sp³-hybridized carbons (Fsp3) is 0.472. The van der Waals surface area contributed by atoms with Crippen LogP contribution in [0.2, 0.25) is 5.02 Å². The average Bonchev–Trinajstić information content (AvgIpc) is 3.77. The van der Waals surface area contributed by atoms with Crippen molar-refractivity contribution in [2.24, 2.45) is 5.92 Å². The molecule has 7 atom stereocenters. The predicted molar refractivity (Wildman–Crippen MR) is 187 cm³/mol. The minimum Gasteiger partial charge on any atom is -0.495 e. The maximum absolute atomic E-state index is 14.0. The lowest BCUT2D eigenvalue weighted by Crippen LogP contribution is -2.63. The summed E-state index contributed by atoms with van der Waals surface area (Å²) in [6.07, 6.45) is 1.34. The van der Waals surface area contributed by atoms with Crippen LogP contribution in [-0.2, 0) is 35.9 Å². The Balaban J connectivity index is 1.56. The third-order valence-corrected chi connectivity index (χ3v) is 10.3. The summed E-state index contributed by atoms with van der Waals surface area (Å²) in [7, 11) is 4.55. The Bertz CT molecular complexity index is 1650. The molecule has 2 saturated heterocycles. The Morgan fingerprint density at radius 2 is 1.92 bits per heavy atom. The summed E-state index contributed by atoms with van der Waals surface area (Å²) < 4.78 is 29.2. The average molecular weight is 715 g/mol. The first-order valence-electron chi connectivity index (χ1n) is 16.0. The van der Waals surface area contributed by atoms with Crippen molar-refractivity contribution in [3.63, 3.8) is 0 Å². The van der Waals surface area contributed by atoms with Crippen LogP contribution in [0.5, 0.6) is 5.75 Å². The van der Waals surface area contributed by atoms with Gasteiger partial charge in [0.15, 0.2) is 5.72 Å². The molecule has 0 saturated carbocycles. The zero-order valence-corrected chi connectivity index (χ0v) is 30.0. The second-order valence-electron chi connectivity index (χ2n) is 13.0. The summed E-state index contributed by atoms with van der Waals surface area (Å²) in [5.41, 5.74) is 0.500. The van der Waals surface area contributed by atoms with Gasteiger partial charge in [-0.1, -0.05) is 54.5 Å². The number of amides is 2. The molecule has 3 heterocycles. The lowest BCUT2D eigenvalue weighted by molar-refractivity contribution is -0.142. The van der Waals surface area contributed by atoms with Gasteiger partial charge in [0.2, 0.25) is 5.91 Å². The molecule has 49 heavy (non-hydrogen) atoms. The van der Waals surface area contributed by atoms with Crippen molar-refractivity contribution in [3.05, 3.63) is 81.9 Å². The lowest BCUT2D eigenvalue weighted by Gasteiger charge is -2.42. The lowest BCUT2D eigenvalue weighted by atomic mass is 9.83. The number of allylic oxidation sites excluding steroid dienone is 3. The highest BCUT2D eigenvalue weighted by Gasteiger charge is 2.64. The molecule has 11 nitrogen and oxygen atoms in total. The van der Waals surface area contributed by atoms with E-state index in [4.69, 9.17) is 35.3 Å². The monoisotopic (exact) mass is 714 g/mol. The van der Waals surface area contributed by atoms with E-state index >= 15 is 0 Å². The van der Waals surface area contributed by atoms with Gasteiger partial charge in [-0.15, -0.1) is 0 Å². The van der Waals surface area contributed by atoms with Crippen molar-refractivity contribution < 1.29 is 43.2 Å². The number of benzene rings is 2. The number of carbonyl (C=O) groups is 3. The molecule has 2 aromatic carbocycles. The Morgan fingerprint density at radius 1 is 1.20 bits per heavy atom. The van der Waals surface area contributed by atoms with Crippen LogP contribution in [0.1, 0.15) is 55.1 Å². The van der Waals surface area contributed by atoms with Gasteiger partial charge in [0.05, 0.1) is 30.9 Å². The first-order chi connectivity index (χ1) is 23.2. The van der Waals surface area contributed by atoms with E-state index < -0.39 is 53.7 Å². The number of epoxide rings is 1. The molecule has 2 N–H and O–H groups in total. The molecule has 7 unspecified atom stereocenters. The third-order valence-electron chi connectivity index (χ3n) is 9.57. The molecule has 2 amide bonds. The summed E-state index contributed by atoms with van der Waals surface area (Å²) in [5.74, 6) is -0.591. The molecule has 0 aliphatic carbocycles. The first kappa shape index (κ1) is 36.7. The standard InChI is InChI=1S/C36H43ClN2O9S/c1-20-8-7-9-28(45-6)36(43)18-27(46-34(42)38-36)21(2)32-35(3,48-32)29(47-33(41)24-12-10-22(19-49)11-13-24)17-30(40)39(4)25-15-23(14-20)16-26(44-5)31(25)37/h7-13,15-16,21,27-29,32,43,49H,14,17-19H2,1-6H3,(H,38,42)/b9-7+,20-8+. The van der Waals surface area contributed by atoms with Crippen LogP contribution in [0, 0.1) is 5.92 Å². The van der Waals surface area contributed by atoms with E-state index in [0.717, 1.165) is 16.7 Å². The number of halogens is 1. The normalized spacial score (nSPS) is 32.1. The molecule has 0 aromatic heterocycles. The number of carbonyl (C=O) groups excluding carboxylic acids is 3. The number of rotatable bonds is 5. The maximum Gasteiger partial charge on any atom is 0.409 e. The SMILES string of the molecule is COc1cc2cc(c1Cl)N(C)C(=O)CC(OC(=O)c1ccc(CS)cc1)C1(C)OC1C(C)C1CC(O)(NC(=O)O1)C(OC)/C=C/C=C(\C)C2. The van der Waals surface area contributed by atoms with Crippen LogP contribution in [0.3, 0.4) is 0 Å². The van der Waals surface area contributed by atoms with Crippen LogP contribution < -0.4 is 15.0 Å². The highest BCUT2D eigenvalue weighted by molar-refractivity contribution is 7.79. The van der Waals surface area contributed by atoms with Crippen LogP contribution in [0.4, 0.5) is 10.5 Å². The number of hydrogen-bond donors (Lipinski definition) is 3. The summed E-state index contributed by atoms with van der Waals surface area (Å²) in [5, 5.41) is 14.5. The summed E-state index contributed by atoms with van der Waals surface area (Å²) >= 11 is 11.0. The first-order valence-corrected chi connectivity index (χ1v) is 17.0. The molecule has 2 fully saturated rings. The minimum absolute atomic E-state index is 0.0187. The second kappa shape index (κ2) is 14.7. The zero-order valence-electron chi connectivity index (χ0n) is 28.4. The van der Waals surface area contributed by atoms with Crippen molar-refractivity contribution >= 4 is 47.9 Å². The van der Waals surface area contributed by atoms with Gasteiger partial charge in [-0.2, -0.15) is 12.6 Å². The number of nitrogens with one attached hydrogen (secondary N) is 1. The molecular formula is C36H43ClN2O9S. The number of methoxy groups -OCH3 is 2. The number of alkyl carbamates (subject to hydrolysis) is 1. The van der Waals surface area contributed by atoms with Crippen LogP contribution >= 0.6 is 24.2 Å². The molecule has 4 bridgehead atoms. The summed E-state index contributed by atoms with van der Waals surface area (Å²) in [6.45, 7) is 5.52. The van der Waals surface area contributed by atoms with Gasteiger partial charge in [-0.05, 0) is 55.7 Å². The van der Waals surface area contributed by atoms with Crippen LogP contribution in [0.15, 0.2) is 60.2 Å². The van der Waals surface area contributed by atoms with Gasteiger partial charge in [-0.25, -0.2) is 9.59 Å². The Kier molecular flexibility index (Phi) is 11.0. The Labute approximate surface area is 296 Å². The minimum atomic E-state index is -1.79. The number of esters is 1. The van der Waals surface area contributed by atoms with E-state index in [2.05, 4.69) is 17.9 Å². The van der Waals surface area contributed by atoms with Crippen molar-refractivity contribution in [2.45, 2.75) is 81.5 Å². The van der Waals surface area contributed by atoms with E-state index in [0.29, 0.717) is 29.2 Å². The van der Waals surface area contributed by atoms with Gasteiger partial charge < -0.3 is 33.7 Å². The van der Waals surface area contributed by atoms with Crippen LogP contribution in [-0.4, -0.2) is 80.1 Å². The van der Waals surface area contributed by atoms with Crippen molar-refractivity contribution in [1.29, 1.82) is 0 Å². The summed E-state index contributed by atoms with van der Waals surface area (Å²) in [4.78, 5) is 41.7.